The highest BCUT2D eigenvalue weighted by molar-refractivity contribution is 7.64. The van der Waals surface area contributed by atoms with Crippen molar-refractivity contribution in [2.45, 2.75) is 38.7 Å². The molecular weight excluding hydrogens is 509 g/mol. The van der Waals surface area contributed by atoms with E-state index in [2.05, 4.69) is 70.0 Å². The molecule has 1 aliphatic carbocycles. The Labute approximate surface area is 230 Å². The fourth-order valence-corrected chi connectivity index (χ4v) is 6.71. The molecule has 0 unspecified atom stereocenters. The van der Waals surface area contributed by atoms with Crippen LogP contribution in [0.25, 0.3) is 0 Å². The van der Waals surface area contributed by atoms with E-state index < -0.39 is 6.09 Å². The van der Waals surface area contributed by atoms with Gasteiger partial charge in [0.15, 0.2) is 5.82 Å². The molecule has 5 rings (SSSR count). The highest BCUT2D eigenvalue weighted by Crippen LogP contribution is 2.51. The first-order valence-electron chi connectivity index (χ1n) is 13.1. The average Bonchev–Trinajstić information content (AvgIpc) is 2.89. The molecule has 2 aromatic carbocycles. The lowest BCUT2D eigenvalue weighted by molar-refractivity contribution is -0.0521. The maximum absolute atomic E-state index is 11.0. The topological polar surface area (TPSA) is 129 Å². The van der Waals surface area contributed by atoms with E-state index >= 15 is 0 Å². The van der Waals surface area contributed by atoms with Gasteiger partial charge in [-0.15, -0.1) is 0 Å². The summed E-state index contributed by atoms with van der Waals surface area (Å²) in [5.41, 5.74) is 10.1. The lowest BCUT2D eigenvalue weighted by atomic mass is 9.61. The van der Waals surface area contributed by atoms with E-state index in [1.165, 1.54) is 16.6 Å². The molecule has 10 heteroatoms. The number of primary amides is 1. The lowest BCUT2D eigenvalue weighted by Crippen LogP contribution is -2.50. The van der Waals surface area contributed by atoms with E-state index in [9.17, 15) is 10.1 Å². The number of nitrogens with zero attached hydrogens (tertiary/aromatic N) is 4. The van der Waals surface area contributed by atoms with Crippen LogP contribution in [0.5, 0.6) is 0 Å². The fourth-order valence-electron chi connectivity index (χ4n) is 5.72. The number of rotatable bonds is 7. The smallest absolute Gasteiger partial charge is 0.404 e. The Morgan fingerprint density at radius 2 is 1.92 bits per heavy atom. The Hall–Kier alpha value is -3.89. The number of ether oxygens (including phenoxy) is 1. The van der Waals surface area contributed by atoms with Gasteiger partial charge in [-0.05, 0) is 86.5 Å². The quantitative estimate of drug-likeness (QED) is 0.340. The van der Waals surface area contributed by atoms with E-state index in [1.807, 2.05) is 24.3 Å². The summed E-state index contributed by atoms with van der Waals surface area (Å²) in [7, 11) is -0.326. The van der Waals surface area contributed by atoms with Crippen LogP contribution >= 0.6 is 7.92 Å². The van der Waals surface area contributed by atoms with Crippen LogP contribution in [0, 0.1) is 23.7 Å². The van der Waals surface area contributed by atoms with E-state index in [0.29, 0.717) is 17.3 Å². The van der Waals surface area contributed by atoms with E-state index in [0.717, 1.165) is 50.1 Å². The summed E-state index contributed by atoms with van der Waals surface area (Å²) in [6, 6.07) is 16.6. The molecule has 3 aromatic rings. The first-order valence-corrected chi connectivity index (χ1v) is 15.4. The van der Waals surface area contributed by atoms with Gasteiger partial charge in [0, 0.05) is 30.2 Å². The standard InChI is InChI=1S/C29H34N7O2P/c1-19-14-21(8-9-24(19)36-12-10-29(11-13-36)15-22(16-29)38-27(31)37)33-28-32-18-20(17-30)26(35-28)34-23-6-4-5-7-25(23)39(2)3/h4-9,14,18,22H,10-13,15-16H2,1-3H3,(H2,31,37)(H2,32,33,34,35). The largest absolute Gasteiger partial charge is 0.446 e. The molecule has 1 saturated carbocycles. The van der Waals surface area contributed by atoms with E-state index in [4.69, 9.17) is 10.5 Å². The van der Waals surface area contributed by atoms with Gasteiger partial charge in [-0.25, -0.2) is 9.78 Å². The molecule has 1 aromatic heterocycles. The highest BCUT2D eigenvalue weighted by atomic mass is 31.1. The Bertz CT molecular complexity index is 1400. The molecule has 1 spiro atoms. The van der Waals surface area contributed by atoms with Gasteiger partial charge in [0.2, 0.25) is 5.95 Å². The molecule has 2 fully saturated rings. The Morgan fingerprint density at radius 3 is 2.59 bits per heavy atom. The monoisotopic (exact) mass is 543 g/mol. The second-order valence-corrected chi connectivity index (χ2v) is 13.0. The third-order valence-electron chi connectivity index (χ3n) is 7.77. The number of anilines is 5. The third kappa shape index (κ3) is 5.91. The second-order valence-electron chi connectivity index (χ2n) is 10.7. The molecule has 4 N–H and O–H groups in total. The van der Waals surface area contributed by atoms with Crippen LogP contribution in [0.2, 0.25) is 0 Å². The van der Waals surface area contributed by atoms with Gasteiger partial charge >= 0.3 is 6.09 Å². The molecule has 1 aliphatic heterocycles. The molecule has 1 amide bonds. The molecule has 0 bridgehead atoms. The molecule has 2 heterocycles. The van der Waals surface area contributed by atoms with Crippen molar-refractivity contribution in [2.75, 3.05) is 42.0 Å². The number of aromatic nitrogens is 2. The van der Waals surface area contributed by atoms with Gasteiger partial charge in [0.25, 0.3) is 0 Å². The molecule has 1 saturated heterocycles. The lowest BCUT2D eigenvalue weighted by Gasteiger charge is -2.51. The minimum absolute atomic E-state index is 0.0212. The van der Waals surface area contributed by atoms with Crippen LogP contribution in [0.4, 0.5) is 33.6 Å². The van der Waals surface area contributed by atoms with Gasteiger partial charge in [0.05, 0.1) is 6.20 Å². The number of hydrogen-bond acceptors (Lipinski definition) is 8. The van der Waals surface area contributed by atoms with Crippen molar-refractivity contribution >= 4 is 48.1 Å². The first-order chi connectivity index (χ1) is 18.7. The van der Waals surface area contributed by atoms with Gasteiger partial charge in [0.1, 0.15) is 17.7 Å². The van der Waals surface area contributed by atoms with Crippen LogP contribution in [0.1, 0.15) is 36.8 Å². The third-order valence-corrected chi connectivity index (χ3v) is 9.12. The number of nitriles is 1. The van der Waals surface area contributed by atoms with Gasteiger partial charge in [-0.1, -0.05) is 26.1 Å². The summed E-state index contributed by atoms with van der Waals surface area (Å²) in [5.74, 6) is 0.906. The average molecular weight is 544 g/mol. The molecule has 2 aliphatic rings. The summed E-state index contributed by atoms with van der Waals surface area (Å²) in [4.78, 5) is 22.4. The van der Waals surface area contributed by atoms with Gasteiger partial charge < -0.3 is 26.0 Å². The highest BCUT2D eigenvalue weighted by Gasteiger charge is 2.47. The van der Waals surface area contributed by atoms with Crippen molar-refractivity contribution < 1.29 is 9.53 Å². The molecule has 0 radical (unpaired) electrons. The van der Waals surface area contributed by atoms with Crippen LogP contribution in [-0.4, -0.2) is 48.6 Å². The number of carbonyl (C=O) groups excluding carboxylic acids is 1. The number of amides is 1. The van der Waals surface area contributed by atoms with Crippen molar-refractivity contribution in [3.05, 3.63) is 59.8 Å². The van der Waals surface area contributed by atoms with E-state index in [1.54, 1.807) is 6.20 Å². The maximum Gasteiger partial charge on any atom is 0.404 e. The van der Waals surface area contributed by atoms with Crippen LogP contribution in [-0.2, 0) is 4.74 Å². The number of benzene rings is 2. The number of hydrogen-bond donors (Lipinski definition) is 3. The fraction of sp³-hybridized carbons (Fsp3) is 0.379. The van der Waals surface area contributed by atoms with Crippen LogP contribution in [0.3, 0.4) is 0 Å². The number of nitrogens with two attached hydrogens (primary N) is 1. The second kappa shape index (κ2) is 11.1. The Morgan fingerprint density at radius 1 is 1.18 bits per heavy atom. The van der Waals surface area contributed by atoms with Gasteiger partial charge in [-0.3, -0.25) is 0 Å². The maximum atomic E-state index is 11.0. The molecule has 39 heavy (non-hydrogen) atoms. The molecule has 0 atom stereocenters. The zero-order valence-corrected chi connectivity index (χ0v) is 23.5. The van der Waals surface area contributed by atoms with Crippen molar-refractivity contribution in [3.63, 3.8) is 0 Å². The molecule has 202 valence electrons. The predicted molar refractivity (Wildman–Crippen MR) is 157 cm³/mol. The van der Waals surface area contributed by atoms with Gasteiger partial charge in [-0.2, -0.15) is 10.2 Å². The van der Waals surface area contributed by atoms with E-state index in [-0.39, 0.29) is 19.4 Å². The normalized spacial score (nSPS) is 16.4. The summed E-state index contributed by atoms with van der Waals surface area (Å²) in [6.45, 7) is 8.47. The molecular formula is C29H34N7O2P. The summed E-state index contributed by atoms with van der Waals surface area (Å²) in [6.07, 6.45) is 4.85. The zero-order chi connectivity index (χ0) is 27.6. The number of nitrogens with one attached hydrogen (secondary N) is 2. The zero-order valence-electron chi connectivity index (χ0n) is 22.6. The van der Waals surface area contributed by atoms with Crippen LogP contribution < -0.4 is 26.6 Å². The summed E-state index contributed by atoms with van der Waals surface area (Å²) < 4.78 is 5.16. The SMILES string of the molecule is Cc1cc(Nc2ncc(C#N)c(Nc3ccccc3P(C)C)n2)ccc1N1CCC2(CC1)CC(OC(N)=O)C2. The van der Waals surface area contributed by atoms with Crippen molar-refractivity contribution in [1.82, 2.24) is 9.97 Å². The van der Waals surface area contributed by atoms with Crippen molar-refractivity contribution in [2.24, 2.45) is 11.1 Å². The Kier molecular flexibility index (Phi) is 7.58. The van der Waals surface area contributed by atoms with Crippen molar-refractivity contribution in [1.29, 1.82) is 5.26 Å². The number of carbonyl (C=O) groups is 1. The summed E-state index contributed by atoms with van der Waals surface area (Å²) in [5, 5.41) is 17.5. The minimum atomic E-state index is -0.673. The number of aryl methyl sites for hydroxylation is 1. The summed E-state index contributed by atoms with van der Waals surface area (Å²) >= 11 is 0. The minimum Gasteiger partial charge on any atom is -0.446 e. The number of para-hydroxylation sites is 1. The number of piperidine rings is 1. The molecule has 9 nitrogen and oxygen atoms in total. The van der Waals surface area contributed by atoms with Crippen molar-refractivity contribution in [3.8, 4) is 6.07 Å². The predicted octanol–water partition coefficient (Wildman–Crippen LogP) is 5.36. The first kappa shape index (κ1) is 26.7. The Balaban J connectivity index is 1.25. The van der Waals surface area contributed by atoms with Crippen LogP contribution in [0.15, 0.2) is 48.7 Å².